The number of carbonyl (C=O) groups is 3. The van der Waals surface area contributed by atoms with E-state index in [4.69, 9.17) is 0 Å². The van der Waals surface area contributed by atoms with E-state index in [0.29, 0.717) is 18.7 Å². The summed E-state index contributed by atoms with van der Waals surface area (Å²) in [4.78, 5) is 39.4. The topological polar surface area (TPSA) is 96.3 Å². The summed E-state index contributed by atoms with van der Waals surface area (Å²) in [5, 5.41) is 11.8. The van der Waals surface area contributed by atoms with E-state index in [2.05, 4.69) is 15.7 Å². The summed E-state index contributed by atoms with van der Waals surface area (Å²) in [5.74, 6) is -0.854. The van der Waals surface area contributed by atoms with Gasteiger partial charge in [0.25, 0.3) is 5.91 Å². The number of nitrogens with one attached hydrogen (secondary N) is 2. The molecule has 8 heteroatoms. The molecule has 1 aromatic heterocycles. The molecule has 4 aromatic rings. The van der Waals surface area contributed by atoms with Crippen molar-refractivity contribution in [1.82, 2.24) is 25.3 Å². The highest BCUT2D eigenvalue weighted by Crippen LogP contribution is 2.30. The minimum absolute atomic E-state index is 0.298. The van der Waals surface area contributed by atoms with Gasteiger partial charge in [-0.1, -0.05) is 60.7 Å². The summed E-state index contributed by atoms with van der Waals surface area (Å²) in [5.41, 5.74) is 1.45. The molecule has 0 aliphatic carbocycles. The summed E-state index contributed by atoms with van der Waals surface area (Å²) in [7, 11) is 0. The Morgan fingerprint density at radius 2 is 1.71 bits per heavy atom. The number of amides is 4. The van der Waals surface area contributed by atoms with Gasteiger partial charge in [-0.05, 0) is 46.5 Å². The predicted molar refractivity (Wildman–Crippen MR) is 131 cm³/mol. The average molecular weight is 468 g/mol. The molecule has 5 rings (SSSR count). The maximum absolute atomic E-state index is 13.2. The van der Waals surface area contributed by atoms with Crippen LogP contribution in [0.25, 0.3) is 10.8 Å². The van der Waals surface area contributed by atoms with Gasteiger partial charge in [0.1, 0.15) is 12.1 Å². The van der Waals surface area contributed by atoms with Crippen molar-refractivity contribution in [1.29, 1.82) is 0 Å². The number of rotatable bonds is 7. The normalized spacial score (nSPS) is 17.6. The molecule has 4 amide bonds. The van der Waals surface area contributed by atoms with Crippen LogP contribution in [-0.2, 0) is 28.2 Å². The summed E-state index contributed by atoms with van der Waals surface area (Å²) >= 11 is 0. The monoisotopic (exact) mass is 467 g/mol. The number of carbonyl (C=O) groups excluding carboxylic acids is 3. The molecule has 1 fully saturated rings. The Morgan fingerprint density at radius 3 is 2.46 bits per heavy atom. The molecule has 0 spiro atoms. The van der Waals surface area contributed by atoms with Crippen LogP contribution in [0.5, 0.6) is 0 Å². The minimum atomic E-state index is -1.23. The molecule has 0 bridgehead atoms. The lowest BCUT2D eigenvalue weighted by molar-refractivity contribution is -0.134. The van der Waals surface area contributed by atoms with Gasteiger partial charge in [-0.2, -0.15) is 5.10 Å². The van der Waals surface area contributed by atoms with E-state index in [9.17, 15) is 14.4 Å². The van der Waals surface area contributed by atoms with Gasteiger partial charge < -0.3 is 10.6 Å². The van der Waals surface area contributed by atoms with E-state index in [1.807, 2.05) is 83.7 Å². The molecule has 1 atom stereocenters. The Bertz CT molecular complexity index is 1400. The maximum atomic E-state index is 13.2. The van der Waals surface area contributed by atoms with Crippen molar-refractivity contribution in [2.24, 2.45) is 0 Å². The molecule has 3 aromatic carbocycles. The molecule has 2 heterocycles. The van der Waals surface area contributed by atoms with Gasteiger partial charge in [-0.3, -0.25) is 19.2 Å². The standard InChI is InChI=1S/C27H25N5O3/c1-27(23-12-11-21-5-2-3-6-22(21)15-23)25(34)32(26(35)30-27)18-24(33)28-16-19-7-9-20(10-8-19)17-31-14-4-13-29-31/h2-15H,16-18H2,1H3,(H,28,33)(H,30,35)/t27-/m1/s1. The Hall–Kier alpha value is -4.46. The Morgan fingerprint density at radius 1 is 0.971 bits per heavy atom. The number of hydrogen-bond acceptors (Lipinski definition) is 4. The second-order valence-electron chi connectivity index (χ2n) is 8.81. The van der Waals surface area contributed by atoms with Gasteiger partial charge >= 0.3 is 6.03 Å². The summed E-state index contributed by atoms with van der Waals surface area (Å²) in [6.45, 7) is 2.29. The Kier molecular flexibility index (Phi) is 5.78. The van der Waals surface area contributed by atoms with Crippen LogP contribution in [0.4, 0.5) is 4.79 Å². The zero-order valence-electron chi connectivity index (χ0n) is 19.3. The average Bonchev–Trinajstić information content (AvgIpc) is 3.46. The van der Waals surface area contributed by atoms with E-state index in [1.54, 1.807) is 13.1 Å². The lowest BCUT2D eigenvalue weighted by Crippen LogP contribution is -2.43. The van der Waals surface area contributed by atoms with Crippen LogP contribution in [-0.4, -0.2) is 39.1 Å². The predicted octanol–water partition coefficient (Wildman–Crippen LogP) is 3.17. The van der Waals surface area contributed by atoms with Gasteiger partial charge in [-0.25, -0.2) is 4.79 Å². The van der Waals surface area contributed by atoms with Crippen molar-refractivity contribution in [2.75, 3.05) is 6.54 Å². The SMILES string of the molecule is C[C@]1(c2ccc3ccccc3c2)NC(=O)N(CC(=O)NCc2ccc(Cn3cccn3)cc2)C1=O. The second kappa shape index (κ2) is 9.06. The van der Waals surface area contributed by atoms with Crippen LogP contribution in [0.3, 0.4) is 0 Å². The molecule has 2 N–H and O–H groups in total. The highest BCUT2D eigenvalue weighted by molar-refractivity contribution is 6.09. The highest BCUT2D eigenvalue weighted by Gasteiger charge is 2.49. The molecule has 1 saturated heterocycles. The third-order valence-corrected chi connectivity index (χ3v) is 6.32. The first kappa shape index (κ1) is 22.3. The summed E-state index contributed by atoms with van der Waals surface area (Å²) in [6.07, 6.45) is 3.63. The number of benzene rings is 3. The molecule has 1 aliphatic heterocycles. The van der Waals surface area contributed by atoms with Crippen molar-refractivity contribution in [3.05, 3.63) is 102 Å². The maximum Gasteiger partial charge on any atom is 0.325 e. The first-order valence-electron chi connectivity index (χ1n) is 11.4. The third kappa shape index (κ3) is 4.50. The fourth-order valence-corrected chi connectivity index (χ4v) is 4.28. The molecular weight excluding hydrogens is 442 g/mol. The fraction of sp³-hybridized carbons (Fsp3) is 0.185. The van der Waals surface area contributed by atoms with Crippen LogP contribution < -0.4 is 10.6 Å². The van der Waals surface area contributed by atoms with Crippen molar-refractivity contribution >= 4 is 28.6 Å². The Labute approximate surface area is 202 Å². The van der Waals surface area contributed by atoms with Gasteiger partial charge in [0, 0.05) is 18.9 Å². The zero-order valence-corrected chi connectivity index (χ0v) is 19.3. The van der Waals surface area contributed by atoms with Crippen LogP contribution in [0.15, 0.2) is 85.2 Å². The van der Waals surface area contributed by atoms with Crippen molar-refractivity contribution < 1.29 is 14.4 Å². The quantitative estimate of drug-likeness (QED) is 0.408. The van der Waals surface area contributed by atoms with Crippen LogP contribution >= 0.6 is 0 Å². The van der Waals surface area contributed by atoms with Gasteiger partial charge in [0.05, 0.1) is 6.54 Å². The third-order valence-electron chi connectivity index (χ3n) is 6.32. The molecule has 0 radical (unpaired) electrons. The van der Waals surface area contributed by atoms with Crippen LogP contribution in [0.2, 0.25) is 0 Å². The van der Waals surface area contributed by atoms with Gasteiger partial charge in [0.15, 0.2) is 0 Å². The largest absolute Gasteiger partial charge is 0.350 e. The highest BCUT2D eigenvalue weighted by atomic mass is 16.2. The first-order valence-corrected chi connectivity index (χ1v) is 11.4. The molecule has 0 unspecified atom stereocenters. The van der Waals surface area contributed by atoms with Gasteiger partial charge in [-0.15, -0.1) is 0 Å². The van der Waals surface area contributed by atoms with E-state index >= 15 is 0 Å². The van der Waals surface area contributed by atoms with Crippen molar-refractivity contribution in [3.8, 4) is 0 Å². The summed E-state index contributed by atoms with van der Waals surface area (Å²) in [6, 6.07) is 22.6. The van der Waals surface area contributed by atoms with E-state index in [0.717, 1.165) is 26.8 Å². The fourth-order valence-electron chi connectivity index (χ4n) is 4.28. The molecule has 8 nitrogen and oxygen atoms in total. The van der Waals surface area contributed by atoms with Crippen LogP contribution in [0.1, 0.15) is 23.6 Å². The second-order valence-corrected chi connectivity index (χ2v) is 8.81. The molecular formula is C27H25N5O3. The minimum Gasteiger partial charge on any atom is -0.350 e. The van der Waals surface area contributed by atoms with Gasteiger partial charge in [0.2, 0.25) is 5.91 Å². The van der Waals surface area contributed by atoms with Crippen molar-refractivity contribution in [2.45, 2.75) is 25.6 Å². The lowest BCUT2D eigenvalue weighted by atomic mass is 9.90. The smallest absolute Gasteiger partial charge is 0.325 e. The number of imide groups is 1. The van der Waals surface area contributed by atoms with Crippen molar-refractivity contribution in [3.63, 3.8) is 0 Å². The zero-order chi connectivity index (χ0) is 24.4. The molecule has 0 saturated carbocycles. The number of fused-ring (bicyclic) bond motifs is 1. The first-order chi connectivity index (χ1) is 16.9. The molecule has 1 aliphatic rings. The number of urea groups is 1. The Balaban J connectivity index is 1.20. The lowest BCUT2D eigenvalue weighted by Gasteiger charge is -2.22. The number of aromatic nitrogens is 2. The molecule has 35 heavy (non-hydrogen) atoms. The number of nitrogens with zero attached hydrogens (tertiary/aromatic N) is 3. The van der Waals surface area contributed by atoms with E-state index in [-0.39, 0.29) is 6.54 Å². The summed E-state index contributed by atoms with van der Waals surface area (Å²) < 4.78 is 1.83. The molecule has 176 valence electrons. The van der Waals surface area contributed by atoms with E-state index in [1.165, 1.54) is 0 Å². The van der Waals surface area contributed by atoms with Crippen LogP contribution in [0, 0.1) is 0 Å². The number of hydrogen-bond donors (Lipinski definition) is 2. The van der Waals surface area contributed by atoms with E-state index < -0.39 is 23.4 Å².